The second-order valence-electron chi connectivity index (χ2n) is 7.08. The molecule has 0 atom stereocenters. The molecular formula is C23H20N4O4. The summed E-state index contributed by atoms with van der Waals surface area (Å²) in [4.78, 5) is 38.8. The number of anilines is 1. The molecule has 8 heteroatoms. The van der Waals surface area contributed by atoms with Crippen LogP contribution in [0.2, 0.25) is 0 Å². The van der Waals surface area contributed by atoms with Gasteiger partial charge in [0.25, 0.3) is 17.5 Å². The largest absolute Gasteiger partial charge is 0.372 e. The molecule has 0 unspecified atom stereocenters. The molecule has 1 aliphatic heterocycles. The number of carbonyl (C=O) groups excluding carboxylic acids is 2. The lowest BCUT2D eigenvalue weighted by molar-refractivity contribution is -0.384. The van der Waals surface area contributed by atoms with Crippen LogP contribution in [0.5, 0.6) is 0 Å². The highest BCUT2D eigenvalue weighted by molar-refractivity contribution is 6.25. The van der Waals surface area contributed by atoms with Crippen LogP contribution < -0.4 is 4.90 Å². The van der Waals surface area contributed by atoms with Gasteiger partial charge in [0.15, 0.2) is 0 Å². The summed E-state index contributed by atoms with van der Waals surface area (Å²) in [6.07, 6.45) is 1.43. The van der Waals surface area contributed by atoms with E-state index in [1.807, 2.05) is 24.3 Å². The van der Waals surface area contributed by atoms with Crippen LogP contribution in [0.15, 0.2) is 59.7 Å². The molecule has 0 radical (unpaired) electrons. The Hall–Kier alpha value is -4.07. The van der Waals surface area contributed by atoms with Crippen LogP contribution in [0.4, 0.5) is 11.4 Å². The molecule has 1 aliphatic rings. The van der Waals surface area contributed by atoms with E-state index in [0.29, 0.717) is 10.8 Å². The van der Waals surface area contributed by atoms with E-state index in [0.717, 1.165) is 29.3 Å². The quantitative estimate of drug-likeness (QED) is 0.259. The molecule has 3 aromatic carbocycles. The van der Waals surface area contributed by atoms with Crippen LogP contribution in [0.3, 0.4) is 0 Å². The second-order valence-corrected chi connectivity index (χ2v) is 7.08. The maximum atomic E-state index is 13.0. The molecule has 0 aliphatic carbocycles. The number of imide groups is 1. The van der Waals surface area contributed by atoms with Crippen molar-refractivity contribution in [1.29, 1.82) is 0 Å². The minimum absolute atomic E-state index is 0.0911. The molecule has 0 aromatic heterocycles. The lowest BCUT2D eigenvalue weighted by Gasteiger charge is -2.23. The number of hydrogen-bond acceptors (Lipinski definition) is 6. The van der Waals surface area contributed by atoms with Crippen molar-refractivity contribution in [3.8, 4) is 0 Å². The minimum Gasteiger partial charge on any atom is -0.372 e. The van der Waals surface area contributed by atoms with Crippen LogP contribution in [0.1, 0.15) is 40.1 Å². The first-order valence-corrected chi connectivity index (χ1v) is 9.93. The van der Waals surface area contributed by atoms with Gasteiger partial charge in [0.1, 0.15) is 0 Å². The Bertz CT molecular complexity index is 1230. The molecule has 2 amide bonds. The van der Waals surface area contributed by atoms with Crippen molar-refractivity contribution < 1.29 is 14.5 Å². The number of nitro benzene ring substituents is 1. The molecular weight excluding hydrogens is 396 g/mol. The predicted octanol–water partition coefficient (Wildman–Crippen LogP) is 4.22. The van der Waals surface area contributed by atoms with E-state index in [9.17, 15) is 19.7 Å². The van der Waals surface area contributed by atoms with Gasteiger partial charge in [-0.05, 0) is 43.0 Å². The Labute approximate surface area is 178 Å². The van der Waals surface area contributed by atoms with Crippen LogP contribution >= 0.6 is 0 Å². The summed E-state index contributed by atoms with van der Waals surface area (Å²) in [5, 5.41) is 17.0. The maximum Gasteiger partial charge on any atom is 0.282 e. The third-order valence-corrected chi connectivity index (χ3v) is 5.36. The van der Waals surface area contributed by atoms with E-state index in [1.54, 1.807) is 18.2 Å². The Kier molecular flexibility index (Phi) is 5.21. The van der Waals surface area contributed by atoms with Crippen molar-refractivity contribution >= 4 is 40.2 Å². The molecule has 3 aromatic rings. The van der Waals surface area contributed by atoms with Crippen molar-refractivity contribution in [3.05, 3.63) is 81.4 Å². The number of rotatable bonds is 6. The van der Waals surface area contributed by atoms with Crippen molar-refractivity contribution in [2.75, 3.05) is 18.0 Å². The minimum atomic E-state index is -0.687. The van der Waals surface area contributed by atoms with Gasteiger partial charge in [0.05, 0.1) is 22.3 Å². The lowest BCUT2D eigenvalue weighted by atomic mass is 9.94. The van der Waals surface area contributed by atoms with Gasteiger partial charge in [0, 0.05) is 36.3 Å². The van der Waals surface area contributed by atoms with Gasteiger partial charge in [0.2, 0.25) is 0 Å². The summed E-state index contributed by atoms with van der Waals surface area (Å²) in [6, 6.07) is 15.0. The molecule has 31 heavy (non-hydrogen) atoms. The Morgan fingerprint density at radius 2 is 1.68 bits per heavy atom. The summed E-state index contributed by atoms with van der Waals surface area (Å²) in [7, 11) is 0. The van der Waals surface area contributed by atoms with E-state index >= 15 is 0 Å². The zero-order chi connectivity index (χ0) is 22.1. The Balaban J connectivity index is 1.69. The van der Waals surface area contributed by atoms with Crippen LogP contribution in [-0.4, -0.2) is 41.1 Å². The van der Waals surface area contributed by atoms with E-state index in [4.69, 9.17) is 0 Å². The fraction of sp³-hybridized carbons (Fsp3) is 0.174. The van der Waals surface area contributed by atoms with Gasteiger partial charge in [-0.3, -0.25) is 19.7 Å². The van der Waals surface area contributed by atoms with Gasteiger partial charge in [-0.25, -0.2) is 0 Å². The van der Waals surface area contributed by atoms with Gasteiger partial charge >= 0.3 is 0 Å². The highest BCUT2D eigenvalue weighted by atomic mass is 16.6. The average Bonchev–Trinajstić information content (AvgIpc) is 2.78. The number of hydrazone groups is 1. The molecule has 0 saturated heterocycles. The standard InChI is InChI=1S/C23H20N4O4/c1-3-25(4-2)17-10-8-15(9-11-17)14-24-26-22(28)19-7-5-6-16-12-18(27(30)31)13-20(21(16)19)23(26)29/h5-14H,3-4H2,1-2H3/b24-14-. The van der Waals surface area contributed by atoms with Crippen LogP contribution in [0.25, 0.3) is 10.8 Å². The first-order valence-electron chi connectivity index (χ1n) is 9.93. The highest BCUT2D eigenvalue weighted by Gasteiger charge is 2.34. The molecule has 4 rings (SSSR count). The fourth-order valence-corrected chi connectivity index (χ4v) is 3.77. The van der Waals surface area contributed by atoms with Crippen molar-refractivity contribution in [1.82, 2.24) is 5.01 Å². The number of benzene rings is 3. The van der Waals surface area contributed by atoms with Crippen molar-refractivity contribution in [2.24, 2.45) is 5.10 Å². The Morgan fingerprint density at radius 1 is 1.00 bits per heavy atom. The zero-order valence-corrected chi connectivity index (χ0v) is 17.1. The first-order chi connectivity index (χ1) is 14.9. The maximum absolute atomic E-state index is 13.0. The molecule has 1 heterocycles. The molecule has 0 saturated carbocycles. The highest BCUT2D eigenvalue weighted by Crippen LogP contribution is 2.33. The summed E-state index contributed by atoms with van der Waals surface area (Å²) < 4.78 is 0. The van der Waals surface area contributed by atoms with Gasteiger partial charge < -0.3 is 4.90 Å². The first kappa shape index (κ1) is 20.2. The molecule has 156 valence electrons. The third-order valence-electron chi connectivity index (χ3n) is 5.36. The molecule has 8 nitrogen and oxygen atoms in total. The second kappa shape index (κ2) is 7.98. The van der Waals surface area contributed by atoms with Crippen molar-refractivity contribution in [2.45, 2.75) is 13.8 Å². The van der Waals surface area contributed by atoms with Crippen LogP contribution in [0, 0.1) is 10.1 Å². The number of hydrogen-bond donors (Lipinski definition) is 0. The fourth-order valence-electron chi connectivity index (χ4n) is 3.77. The topological polar surface area (TPSA) is 96.1 Å². The van der Waals surface area contributed by atoms with E-state index in [-0.39, 0.29) is 16.8 Å². The number of nitro groups is 1. The van der Waals surface area contributed by atoms with E-state index in [1.165, 1.54) is 18.3 Å². The monoisotopic (exact) mass is 416 g/mol. The van der Waals surface area contributed by atoms with Crippen LogP contribution in [-0.2, 0) is 0 Å². The summed E-state index contributed by atoms with van der Waals surface area (Å²) in [5.74, 6) is -1.25. The summed E-state index contributed by atoms with van der Waals surface area (Å²) >= 11 is 0. The Morgan fingerprint density at radius 3 is 2.32 bits per heavy atom. The molecule has 0 fully saturated rings. The summed E-state index contributed by atoms with van der Waals surface area (Å²) in [5.41, 5.74) is 1.96. The van der Waals surface area contributed by atoms with Gasteiger partial charge in [-0.15, -0.1) is 0 Å². The molecule has 0 spiro atoms. The zero-order valence-electron chi connectivity index (χ0n) is 17.1. The lowest BCUT2D eigenvalue weighted by Crippen LogP contribution is -2.36. The van der Waals surface area contributed by atoms with E-state index < -0.39 is 16.7 Å². The third kappa shape index (κ3) is 3.52. The SMILES string of the molecule is CCN(CC)c1ccc(/C=N\N2C(=O)c3cccc4cc([N+](=O)[O-])cc(c34)C2=O)cc1. The number of nitrogens with zero attached hydrogens (tertiary/aromatic N) is 4. The normalized spacial score (nSPS) is 13.3. The molecule has 0 bridgehead atoms. The number of amides is 2. The average molecular weight is 416 g/mol. The predicted molar refractivity (Wildman–Crippen MR) is 119 cm³/mol. The number of carbonyl (C=O) groups is 2. The smallest absolute Gasteiger partial charge is 0.282 e. The van der Waals surface area contributed by atoms with Crippen molar-refractivity contribution in [3.63, 3.8) is 0 Å². The van der Waals surface area contributed by atoms with Gasteiger partial charge in [-0.2, -0.15) is 10.1 Å². The molecule has 0 N–H and O–H groups in total. The van der Waals surface area contributed by atoms with Gasteiger partial charge in [-0.1, -0.05) is 24.3 Å². The summed E-state index contributed by atoms with van der Waals surface area (Å²) in [6.45, 7) is 5.93. The van der Waals surface area contributed by atoms with E-state index in [2.05, 4.69) is 23.8 Å². The number of non-ortho nitro benzene ring substituents is 1.